The molecule has 3 aromatic carbocycles. The van der Waals surface area contributed by atoms with Crippen molar-refractivity contribution >= 4 is 43.8 Å². The number of hydrazone groups is 1. The number of carbonyl (C=O) groups excluding carboxylic acids is 1. The number of anilines is 1. The number of phenols is 1. The zero-order chi connectivity index (χ0) is 27.2. The number of aryl methyl sites for hydroxylation is 1. The molecule has 0 saturated heterocycles. The van der Waals surface area contributed by atoms with Gasteiger partial charge in [-0.3, -0.25) is 9.10 Å². The van der Waals surface area contributed by atoms with E-state index < -0.39 is 22.5 Å². The highest BCUT2D eigenvalue weighted by atomic mass is 79.9. The second-order valence-electron chi connectivity index (χ2n) is 7.71. The highest BCUT2D eigenvalue weighted by molar-refractivity contribution is 9.10. The van der Waals surface area contributed by atoms with Crippen molar-refractivity contribution in [1.82, 2.24) is 5.43 Å². The van der Waals surface area contributed by atoms with Crippen molar-refractivity contribution < 1.29 is 32.5 Å². The summed E-state index contributed by atoms with van der Waals surface area (Å²) in [6.45, 7) is 1.33. The molecule has 10 nitrogen and oxygen atoms in total. The van der Waals surface area contributed by atoms with Crippen LogP contribution in [0.1, 0.15) is 11.1 Å². The molecule has 0 aliphatic carbocycles. The molecule has 196 valence electrons. The van der Waals surface area contributed by atoms with Crippen LogP contribution in [0.2, 0.25) is 0 Å². The third-order valence-corrected chi connectivity index (χ3v) is 7.60. The number of nitrogens with zero attached hydrogens (tertiary/aromatic N) is 2. The summed E-state index contributed by atoms with van der Waals surface area (Å²) in [5.41, 5.74) is 4.09. The number of aromatic hydroxyl groups is 1. The molecule has 0 aliphatic heterocycles. The predicted molar refractivity (Wildman–Crippen MR) is 143 cm³/mol. The number of hydrogen-bond donors (Lipinski definition) is 2. The summed E-state index contributed by atoms with van der Waals surface area (Å²) in [4.78, 5) is 12.7. The Bertz CT molecular complexity index is 1410. The number of halogens is 1. The monoisotopic (exact) mass is 591 g/mol. The smallest absolute Gasteiger partial charge is 0.264 e. The minimum absolute atomic E-state index is 0.0715. The van der Waals surface area contributed by atoms with Crippen molar-refractivity contribution in [1.29, 1.82) is 0 Å². The van der Waals surface area contributed by atoms with Crippen LogP contribution in [0.3, 0.4) is 0 Å². The Labute approximate surface area is 223 Å². The summed E-state index contributed by atoms with van der Waals surface area (Å²) in [6, 6.07) is 14.0. The number of nitrogens with one attached hydrogen (secondary N) is 1. The quantitative estimate of drug-likeness (QED) is 0.271. The fourth-order valence-corrected chi connectivity index (χ4v) is 5.20. The first kappa shape index (κ1) is 27.8. The molecular formula is C25H26BrN3O7S. The summed E-state index contributed by atoms with van der Waals surface area (Å²) in [6.07, 6.45) is 1.34. The van der Waals surface area contributed by atoms with Crippen LogP contribution in [0.4, 0.5) is 5.69 Å². The molecule has 0 saturated carbocycles. The number of methoxy groups -OCH3 is 3. The van der Waals surface area contributed by atoms with Crippen LogP contribution in [-0.4, -0.2) is 53.5 Å². The van der Waals surface area contributed by atoms with Gasteiger partial charge in [0.25, 0.3) is 15.9 Å². The first-order valence-electron chi connectivity index (χ1n) is 10.8. The average molecular weight is 592 g/mol. The highest BCUT2D eigenvalue weighted by Gasteiger charge is 2.28. The van der Waals surface area contributed by atoms with Gasteiger partial charge >= 0.3 is 0 Å². The molecule has 0 aromatic heterocycles. The maximum Gasteiger partial charge on any atom is 0.264 e. The van der Waals surface area contributed by atoms with E-state index in [1.807, 2.05) is 6.92 Å². The van der Waals surface area contributed by atoms with Gasteiger partial charge in [-0.2, -0.15) is 5.10 Å². The van der Waals surface area contributed by atoms with Crippen molar-refractivity contribution in [3.63, 3.8) is 0 Å². The lowest BCUT2D eigenvalue weighted by Gasteiger charge is -2.24. The van der Waals surface area contributed by atoms with Crippen LogP contribution in [0.15, 0.2) is 69.1 Å². The number of phenolic OH excluding ortho intramolecular Hbond substituents is 1. The van der Waals surface area contributed by atoms with Crippen LogP contribution in [-0.2, 0) is 14.8 Å². The number of ether oxygens (including phenoxy) is 3. The van der Waals surface area contributed by atoms with Crippen LogP contribution >= 0.6 is 15.9 Å². The van der Waals surface area contributed by atoms with Crippen molar-refractivity contribution in [2.24, 2.45) is 5.10 Å². The molecule has 0 bridgehead atoms. The predicted octanol–water partition coefficient (Wildman–Crippen LogP) is 3.83. The maximum absolute atomic E-state index is 13.6. The van der Waals surface area contributed by atoms with E-state index in [-0.39, 0.29) is 22.1 Å². The van der Waals surface area contributed by atoms with E-state index in [4.69, 9.17) is 14.2 Å². The normalized spacial score (nSPS) is 11.3. The van der Waals surface area contributed by atoms with E-state index in [1.54, 1.807) is 30.3 Å². The number of amides is 1. The Hall–Kier alpha value is -3.77. The van der Waals surface area contributed by atoms with Gasteiger partial charge in [0.1, 0.15) is 6.54 Å². The summed E-state index contributed by atoms with van der Waals surface area (Å²) in [5.74, 6) is 0.0714. The molecule has 3 aromatic rings. The number of rotatable bonds is 10. The SMILES string of the molecule is COc1ccc(S(=O)(=O)N(CC(=O)N/N=C\c2cc(Br)c(O)c(OC)c2)c2ccc(C)cc2)cc1OC. The van der Waals surface area contributed by atoms with Gasteiger partial charge in [-0.05, 0) is 64.8 Å². The molecule has 0 radical (unpaired) electrons. The molecule has 0 unspecified atom stereocenters. The fourth-order valence-electron chi connectivity index (χ4n) is 3.30. The van der Waals surface area contributed by atoms with Gasteiger partial charge in [-0.25, -0.2) is 13.8 Å². The summed E-state index contributed by atoms with van der Waals surface area (Å²) < 4.78 is 44.2. The van der Waals surface area contributed by atoms with Crippen molar-refractivity contribution in [3.05, 3.63) is 70.2 Å². The van der Waals surface area contributed by atoms with Crippen molar-refractivity contribution in [3.8, 4) is 23.0 Å². The number of hydrogen-bond acceptors (Lipinski definition) is 8. The van der Waals surface area contributed by atoms with Gasteiger partial charge < -0.3 is 19.3 Å². The molecule has 0 heterocycles. The second kappa shape index (κ2) is 12.0. The molecular weight excluding hydrogens is 566 g/mol. The topological polar surface area (TPSA) is 127 Å². The first-order chi connectivity index (χ1) is 17.6. The van der Waals surface area contributed by atoms with Crippen LogP contribution in [0.25, 0.3) is 0 Å². The molecule has 0 fully saturated rings. The summed E-state index contributed by atoms with van der Waals surface area (Å²) in [5, 5.41) is 13.8. The fraction of sp³-hybridized carbons (Fsp3) is 0.200. The van der Waals surface area contributed by atoms with Gasteiger partial charge in [0.05, 0.1) is 42.6 Å². The van der Waals surface area contributed by atoms with Gasteiger partial charge in [-0.15, -0.1) is 0 Å². The third-order valence-electron chi connectivity index (χ3n) is 5.23. The van der Waals surface area contributed by atoms with Crippen molar-refractivity contribution in [2.75, 3.05) is 32.2 Å². The van der Waals surface area contributed by atoms with Crippen LogP contribution in [0, 0.1) is 6.92 Å². The zero-order valence-corrected chi connectivity index (χ0v) is 23.0. The van der Waals surface area contributed by atoms with Crippen LogP contribution in [0.5, 0.6) is 23.0 Å². The molecule has 1 amide bonds. The van der Waals surface area contributed by atoms with Crippen molar-refractivity contribution in [2.45, 2.75) is 11.8 Å². The number of benzene rings is 3. The Balaban J connectivity index is 1.88. The first-order valence-corrected chi connectivity index (χ1v) is 13.0. The number of carbonyl (C=O) groups is 1. The Morgan fingerprint density at radius 3 is 2.27 bits per heavy atom. The third kappa shape index (κ3) is 6.52. The molecule has 0 spiro atoms. The lowest BCUT2D eigenvalue weighted by atomic mass is 10.2. The van der Waals surface area contributed by atoms with E-state index in [9.17, 15) is 18.3 Å². The van der Waals surface area contributed by atoms with E-state index in [1.165, 1.54) is 51.8 Å². The lowest BCUT2D eigenvalue weighted by Crippen LogP contribution is -2.39. The maximum atomic E-state index is 13.6. The van der Waals surface area contributed by atoms with Gasteiger partial charge in [0.15, 0.2) is 23.0 Å². The summed E-state index contributed by atoms with van der Waals surface area (Å²) >= 11 is 3.22. The van der Waals surface area contributed by atoms with Crippen LogP contribution < -0.4 is 23.9 Å². The van der Waals surface area contributed by atoms with E-state index in [2.05, 4.69) is 26.5 Å². The summed E-state index contributed by atoms with van der Waals surface area (Å²) in [7, 11) is 0.0731. The molecule has 37 heavy (non-hydrogen) atoms. The van der Waals surface area contributed by atoms with Gasteiger partial charge in [0, 0.05) is 6.07 Å². The molecule has 0 atom stereocenters. The molecule has 3 rings (SSSR count). The molecule has 0 aliphatic rings. The lowest BCUT2D eigenvalue weighted by molar-refractivity contribution is -0.119. The standard InChI is InChI=1S/C25H26BrN3O7S/c1-16-5-7-18(8-6-16)29(37(32,33)19-9-10-21(34-2)22(13-19)35-3)15-24(30)28-27-14-17-11-20(26)25(31)23(12-17)36-4/h5-14,31H,15H2,1-4H3,(H,28,30)/b27-14-. The largest absolute Gasteiger partial charge is 0.503 e. The Kier molecular flexibility index (Phi) is 9.00. The van der Waals surface area contributed by atoms with Gasteiger partial charge in [-0.1, -0.05) is 17.7 Å². The minimum atomic E-state index is -4.18. The molecule has 2 N–H and O–H groups in total. The Morgan fingerprint density at radius 2 is 1.65 bits per heavy atom. The molecule has 12 heteroatoms. The second-order valence-corrected chi connectivity index (χ2v) is 10.4. The Morgan fingerprint density at radius 1 is 1.00 bits per heavy atom. The van der Waals surface area contributed by atoms with E-state index in [0.29, 0.717) is 21.5 Å². The number of sulfonamides is 1. The van der Waals surface area contributed by atoms with E-state index in [0.717, 1.165) is 9.87 Å². The highest BCUT2D eigenvalue weighted by Crippen LogP contribution is 2.35. The van der Waals surface area contributed by atoms with Gasteiger partial charge in [0.2, 0.25) is 0 Å². The minimum Gasteiger partial charge on any atom is -0.503 e. The average Bonchev–Trinajstić information content (AvgIpc) is 2.89. The zero-order valence-electron chi connectivity index (χ0n) is 20.6. The van der Waals surface area contributed by atoms with E-state index >= 15 is 0 Å².